The Morgan fingerprint density at radius 1 is 0.857 bits per heavy atom. The van der Waals surface area contributed by atoms with Gasteiger partial charge in [0.2, 0.25) is 0 Å². The van der Waals surface area contributed by atoms with Crippen LogP contribution in [-0.2, 0) is 0 Å². The lowest BCUT2D eigenvalue weighted by atomic mass is 9.63. The molecule has 2 aliphatic rings. The Hall–Kier alpha value is -0.0400. The molecule has 1 nitrogen and oxygen atoms in total. The van der Waals surface area contributed by atoms with Gasteiger partial charge in [0.1, 0.15) is 0 Å². The minimum Gasteiger partial charge on any atom is -0.313 e. The molecule has 1 saturated carbocycles. The molecule has 14 heavy (non-hydrogen) atoms. The first-order valence-corrected chi connectivity index (χ1v) is 6.34. The van der Waals surface area contributed by atoms with E-state index in [4.69, 9.17) is 0 Å². The van der Waals surface area contributed by atoms with Crippen molar-refractivity contribution in [3.8, 4) is 0 Å². The molecule has 1 N–H and O–H groups in total. The van der Waals surface area contributed by atoms with E-state index in [-0.39, 0.29) is 0 Å². The van der Waals surface area contributed by atoms with Crippen LogP contribution >= 0.6 is 0 Å². The molecular formula is C13H25N. The Kier molecular flexibility index (Phi) is 2.88. The van der Waals surface area contributed by atoms with Gasteiger partial charge in [0.05, 0.1) is 0 Å². The van der Waals surface area contributed by atoms with Gasteiger partial charge < -0.3 is 5.32 Å². The van der Waals surface area contributed by atoms with E-state index in [0.29, 0.717) is 0 Å². The number of hydrogen-bond acceptors (Lipinski definition) is 1. The van der Waals surface area contributed by atoms with Gasteiger partial charge in [-0.25, -0.2) is 0 Å². The minimum absolute atomic E-state index is 0.810. The number of piperidine rings is 1. The second-order valence-electron chi connectivity index (χ2n) is 5.85. The van der Waals surface area contributed by atoms with Gasteiger partial charge in [-0.15, -0.1) is 0 Å². The molecule has 6 unspecified atom stereocenters. The van der Waals surface area contributed by atoms with Gasteiger partial charge in [0, 0.05) is 6.04 Å². The first-order valence-electron chi connectivity index (χ1n) is 6.34. The summed E-state index contributed by atoms with van der Waals surface area (Å²) in [6, 6.07) is 0.810. The summed E-state index contributed by atoms with van der Waals surface area (Å²) in [5, 5.41) is 3.78. The maximum atomic E-state index is 3.78. The molecule has 1 aliphatic carbocycles. The van der Waals surface area contributed by atoms with Crippen molar-refractivity contribution in [3.05, 3.63) is 0 Å². The summed E-state index contributed by atoms with van der Waals surface area (Å²) in [5.41, 5.74) is 0. The first kappa shape index (κ1) is 10.5. The highest BCUT2D eigenvalue weighted by Gasteiger charge is 2.41. The summed E-state index contributed by atoms with van der Waals surface area (Å²) >= 11 is 0. The summed E-state index contributed by atoms with van der Waals surface area (Å²) in [7, 11) is 0. The molecule has 82 valence electrons. The topological polar surface area (TPSA) is 12.0 Å². The van der Waals surface area contributed by atoms with Gasteiger partial charge in [0.25, 0.3) is 0 Å². The molecule has 0 amide bonds. The highest BCUT2D eigenvalue weighted by Crippen LogP contribution is 2.41. The van der Waals surface area contributed by atoms with E-state index in [0.717, 1.165) is 35.6 Å². The van der Waals surface area contributed by atoms with E-state index in [1.807, 2.05) is 0 Å². The van der Waals surface area contributed by atoms with Crippen molar-refractivity contribution >= 4 is 0 Å². The average Bonchev–Trinajstić information content (AvgIpc) is 2.17. The second kappa shape index (κ2) is 3.84. The molecule has 2 rings (SSSR count). The number of fused-ring (bicyclic) bond motifs is 1. The molecule has 0 radical (unpaired) electrons. The third-order valence-electron chi connectivity index (χ3n) is 5.13. The van der Waals surface area contributed by atoms with E-state index < -0.39 is 0 Å². The molecular weight excluding hydrogens is 170 g/mol. The predicted octanol–water partition coefficient (Wildman–Crippen LogP) is 2.91. The Balaban J connectivity index is 2.10. The number of nitrogens with one attached hydrogen (secondary N) is 1. The van der Waals surface area contributed by atoms with Gasteiger partial charge in [-0.2, -0.15) is 0 Å². The lowest BCUT2D eigenvalue weighted by molar-refractivity contribution is 0.0470. The van der Waals surface area contributed by atoms with Crippen LogP contribution in [0.4, 0.5) is 0 Å². The van der Waals surface area contributed by atoms with E-state index in [1.165, 1.54) is 19.4 Å². The standard InChI is InChI=1S/C13H25N/c1-8-5-6-12-10(3)9(2)7-14-13(12)11(8)4/h8-14H,5-7H2,1-4H3. The predicted molar refractivity (Wildman–Crippen MR) is 61.2 cm³/mol. The number of rotatable bonds is 0. The van der Waals surface area contributed by atoms with Crippen LogP contribution in [0.2, 0.25) is 0 Å². The van der Waals surface area contributed by atoms with Crippen LogP contribution in [0.15, 0.2) is 0 Å². The Bertz CT molecular complexity index is 179. The van der Waals surface area contributed by atoms with Crippen molar-refractivity contribution in [1.29, 1.82) is 0 Å². The van der Waals surface area contributed by atoms with Crippen molar-refractivity contribution < 1.29 is 0 Å². The molecule has 0 aromatic heterocycles. The van der Waals surface area contributed by atoms with Crippen LogP contribution in [0, 0.1) is 29.6 Å². The van der Waals surface area contributed by atoms with Gasteiger partial charge in [-0.1, -0.05) is 34.1 Å². The fourth-order valence-electron chi connectivity index (χ4n) is 3.50. The third kappa shape index (κ3) is 1.60. The van der Waals surface area contributed by atoms with E-state index >= 15 is 0 Å². The molecule has 0 aromatic rings. The van der Waals surface area contributed by atoms with Crippen molar-refractivity contribution in [3.63, 3.8) is 0 Å². The van der Waals surface area contributed by atoms with Crippen molar-refractivity contribution in [2.75, 3.05) is 6.54 Å². The van der Waals surface area contributed by atoms with Crippen molar-refractivity contribution in [1.82, 2.24) is 5.32 Å². The van der Waals surface area contributed by atoms with Crippen molar-refractivity contribution in [2.45, 2.75) is 46.6 Å². The van der Waals surface area contributed by atoms with Crippen LogP contribution in [-0.4, -0.2) is 12.6 Å². The number of hydrogen-bond donors (Lipinski definition) is 1. The molecule has 2 fully saturated rings. The van der Waals surface area contributed by atoms with Gasteiger partial charge >= 0.3 is 0 Å². The van der Waals surface area contributed by atoms with E-state index in [2.05, 4.69) is 33.0 Å². The largest absolute Gasteiger partial charge is 0.313 e. The molecule has 1 heterocycles. The highest BCUT2D eigenvalue weighted by molar-refractivity contribution is 4.95. The fraction of sp³-hybridized carbons (Fsp3) is 1.00. The maximum Gasteiger partial charge on any atom is 0.0126 e. The van der Waals surface area contributed by atoms with Crippen LogP contribution in [0.5, 0.6) is 0 Å². The zero-order chi connectivity index (χ0) is 10.3. The lowest BCUT2D eigenvalue weighted by Crippen LogP contribution is -2.55. The minimum atomic E-state index is 0.810. The van der Waals surface area contributed by atoms with Gasteiger partial charge in [-0.3, -0.25) is 0 Å². The normalized spacial score (nSPS) is 54.0. The summed E-state index contributed by atoms with van der Waals surface area (Å²) in [4.78, 5) is 0. The fourth-order valence-corrected chi connectivity index (χ4v) is 3.50. The molecule has 0 bridgehead atoms. The highest BCUT2D eigenvalue weighted by atomic mass is 15.0. The summed E-state index contributed by atoms with van der Waals surface area (Å²) in [6.07, 6.45) is 2.90. The summed E-state index contributed by atoms with van der Waals surface area (Å²) in [5.74, 6) is 4.55. The monoisotopic (exact) mass is 195 g/mol. The Morgan fingerprint density at radius 2 is 1.57 bits per heavy atom. The molecule has 0 spiro atoms. The average molecular weight is 195 g/mol. The van der Waals surface area contributed by atoms with E-state index in [9.17, 15) is 0 Å². The van der Waals surface area contributed by atoms with E-state index in [1.54, 1.807) is 0 Å². The summed E-state index contributed by atoms with van der Waals surface area (Å²) < 4.78 is 0. The van der Waals surface area contributed by atoms with Crippen LogP contribution in [0.1, 0.15) is 40.5 Å². The molecule has 1 aliphatic heterocycles. The van der Waals surface area contributed by atoms with Gasteiger partial charge in [-0.05, 0) is 42.6 Å². The SMILES string of the molecule is CC1CNC2C(C)C(C)CCC2C1C. The smallest absolute Gasteiger partial charge is 0.0126 e. The molecule has 1 saturated heterocycles. The van der Waals surface area contributed by atoms with Gasteiger partial charge in [0.15, 0.2) is 0 Å². The van der Waals surface area contributed by atoms with Crippen molar-refractivity contribution in [2.24, 2.45) is 29.6 Å². The first-order chi connectivity index (χ1) is 6.61. The Morgan fingerprint density at radius 3 is 2.29 bits per heavy atom. The maximum absolute atomic E-state index is 3.78. The lowest BCUT2D eigenvalue weighted by Gasteiger charge is -2.49. The van der Waals surface area contributed by atoms with Crippen LogP contribution < -0.4 is 5.32 Å². The summed E-state index contributed by atoms with van der Waals surface area (Å²) in [6.45, 7) is 11.0. The quantitative estimate of drug-likeness (QED) is 0.626. The van der Waals surface area contributed by atoms with Crippen LogP contribution in [0.3, 0.4) is 0 Å². The second-order valence-corrected chi connectivity index (χ2v) is 5.85. The zero-order valence-electron chi connectivity index (χ0n) is 10.1. The molecule has 1 heteroatoms. The third-order valence-corrected chi connectivity index (χ3v) is 5.13. The molecule has 0 aromatic carbocycles. The Labute approximate surface area is 88.7 Å². The molecule has 6 atom stereocenters. The zero-order valence-corrected chi connectivity index (χ0v) is 10.1. The van der Waals surface area contributed by atoms with Crippen LogP contribution in [0.25, 0.3) is 0 Å².